The Balaban J connectivity index is 2.00. The van der Waals surface area contributed by atoms with E-state index >= 15 is 0 Å². The van der Waals surface area contributed by atoms with Crippen molar-refractivity contribution in [3.63, 3.8) is 0 Å². The third-order valence-corrected chi connectivity index (χ3v) is 9.75. The molecule has 0 bridgehead atoms. The van der Waals surface area contributed by atoms with E-state index in [1.54, 1.807) is 0 Å². The van der Waals surface area contributed by atoms with Gasteiger partial charge in [0.25, 0.3) is 0 Å². The molecule has 0 saturated heterocycles. The Labute approximate surface area is 187 Å². The van der Waals surface area contributed by atoms with Crippen LogP contribution in [0.4, 0.5) is 10.5 Å². The Morgan fingerprint density at radius 1 is 1.14 bits per heavy atom. The van der Waals surface area contributed by atoms with Crippen molar-refractivity contribution in [2.45, 2.75) is 81.2 Å². The predicted octanol–water partition coefficient (Wildman–Crippen LogP) is 5.77. The highest BCUT2D eigenvalue weighted by Crippen LogP contribution is 2.64. The van der Waals surface area contributed by atoms with Gasteiger partial charge in [0.05, 0.1) is 12.5 Å². The zero-order chi connectivity index (χ0) is 21.7. The first-order valence-electron chi connectivity index (χ1n) is 10.3. The van der Waals surface area contributed by atoms with Gasteiger partial charge in [-0.1, -0.05) is 42.0 Å². The van der Waals surface area contributed by atoms with Gasteiger partial charge in [-0.15, -0.1) is 0 Å². The van der Waals surface area contributed by atoms with Crippen LogP contribution in [0, 0.1) is 5.41 Å². The number of esters is 1. The zero-order valence-corrected chi connectivity index (χ0v) is 20.4. The molecule has 2 aliphatic carbocycles. The Morgan fingerprint density at radius 2 is 1.83 bits per heavy atom. The highest BCUT2D eigenvalue weighted by molar-refractivity contribution is 14.1. The van der Waals surface area contributed by atoms with Crippen LogP contribution < -0.4 is 5.32 Å². The summed E-state index contributed by atoms with van der Waals surface area (Å²) in [5, 5.41) is 2.87. The van der Waals surface area contributed by atoms with E-state index in [0.29, 0.717) is 0 Å². The molecule has 0 aliphatic heterocycles. The number of rotatable bonds is 2. The lowest BCUT2D eigenvalue weighted by Gasteiger charge is -2.60. The molecular weight excluding hydrogens is 481 g/mol. The first kappa shape index (κ1) is 22.4. The molecule has 1 N–H and O–H groups in total. The summed E-state index contributed by atoms with van der Waals surface area (Å²) in [5.41, 5.74) is 1.97. The molecule has 160 valence electrons. The maximum Gasteiger partial charge on any atom is 0.412 e. The summed E-state index contributed by atoms with van der Waals surface area (Å²) in [7, 11) is 1.49. The second-order valence-electron chi connectivity index (χ2n) is 9.81. The minimum Gasteiger partial charge on any atom is -0.469 e. The monoisotopic (exact) mass is 513 g/mol. The lowest BCUT2D eigenvalue weighted by atomic mass is 9.49. The van der Waals surface area contributed by atoms with E-state index in [9.17, 15) is 9.59 Å². The lowest BCUT2D eigenvalue weighted by Crippen LogP contribution is -2.63. The summed E-state index contributed by atoms with van der Waals surface area (Å²) >= 11 is 2.54. The molecule has 6 heteroatoms. The number of fused-ring (bicyclic) bond motifs is 3. The predicted molar refractivity (Wildman–Crippen MR) is 123 cm³/mol. The molecule has 3 atom stereocenters. The maximum absolute atomic E-state index is 12.8. The van der Waals surface area contributed by atoms with Crippen molar-refractivity contribution in [2.75, 3.05) is 12.4 Å². The number of alkyl halides is 1. The number of halogens is 1. The van der Waals surface area contributed by atoms with Crippen LogP contribution in [-0.2, 0) is 26.1 Å². The number of aryl methyl sites for hydroxylation is 1. The van der Waals surface area contributed by atoms with E-state index < -0.39 is 17.1 Å². The highest BCUT2D eigenvalue weighted by atomic mass is 127. The number of hydrogen-bond donors (Lipinski definition) is 1. The lowest BCUT2D eigenvalue weighted by molar-refractivity contribution is -0.157. The fourth-order valence-electron chi connectivity index (χ4n) is 5.30. The fourth-order valence-corrected chi connectivity index (χ4v) is 6.62. The molecule has 1 saturated carbocycles. The molecule has 0 aromatic heterocycles. The molecule has 0 heterocycles. The number of hydrogen-bond acceptors (Lipinski definition) is 4. The van der Waals surface area contributed by atoms with Gasteiger partial charge >= 0.3 is 12.1 Å². The zero-order valence-electron chi connectivity index (χ0n) is 18.3. The van der Waals surface area contributed by atoms with E-state index in [0.717, 1.165) is 37.8 Å². The Morgan fingerprint density at radius 3 is 2.45 bits per heavy atom. The average Bonchev–Trinajstić information content (AvgIpc) is 2.62. The van der Waals surface area contributed by atoms with Gasteiger partial charge in [0.2, 0.25) is 0 Å². The Bertz CT molecular complexity index is 833. The minimum absolute atomic E-state index is 0.121. The van der Waals surface area contributed by atoms with Gasteiger partial charge in [-0.05, 0) is 76.6 Å². The molecule has 5 nitrogen and oxygen atoms in total. The van der Waals surface area contributed by atoms with Crippen LogP contribution in [-0.4, -0.2) is 28.2 Å². The van der Waals surface area contributed by atoms with E-state index in [-0.39, 0.29) is 14.8 Å². The Kier molecular flexibility index (Phi) is 5.73. The van der Waals surface area contributed by atoms with Crippen LogP contribution in [0.1, 0.15) is 71.4 Å². The van der Waals surface area contributed by atoms with Crippen LogP contribution in [0.3, 0.4) is 0 Å². The van der Waals surface area contributed by atoms with E-state index in [1.165, 1.54) is 18.2 Å². The summed E-state index contributed by atoms with van der Waals surface area (Å²) in [6, 6.07) is 6.12. The van der Waals surface area contributed by atoms with Crippen molar-refractivity contribution < 1.29 is 19.1 Å². The molecule has 1 amide bonds. The van der Waals surface area contributed by atoms with Crippen LogP contribution in [0.5, 0.6) is 0 Å². The van der Waals surface area contributed by atoms with Crippen molar-refractivity contribution >= 4 is 40.3 Å². The van der Waals surface area contributed by atoms with Gasteiger partial charge in [0, 0.05) is 14.5 Å². The van der Waals surface area contributed by atoms with Crippen LogP contribution >= 0.6 is 22.6 Å². The van der Waals surface area contributed by atoms with Gasteiger partial charge in [0.1, 0.15) is 5.60 Å². The number of carbonyl (C=O) groups is 2. The highest BCUT2D eigenvalue weighted by Gasteiger charge is 2.65. The summed E-state index contributed by atoms with van der Waals surface area (Å²) < 4.78 is 10.4. The van der Waals surface area contributed by atoms with Crippen molar-refractivity contribution in [3.05, 3.63) is 29.3 Å². The number of benzene rings is 1. The van der Waals surface area contributed by atoms with Crippen molar-refractivity contribution in [1.29, 1.82) is 0 Å². The third kappa shape index (κ3) is 3.66. The van der Waals surface area contributed by atoms with Crippen molar-refractivity contribution in [2.24, 2.45) is 5.41 Å². The van der Waals surface area contributed by atoms with Crippen molar-refractivity contribution in [1.82, 2.24) is 0 Å². The van der Waals surface area contributed by atoms with Crippen molar-refractivity contribution in [3.8, 4) is 0 Å². The molecule has 0 spiro atoms. The topological polar surface area (TPSA) is 64.6 Å². The molecule has 0 unspecified atom stereocenters. The van der Waals surface area contributed by atoms with Gasteiger partial charge < -0.3 is 9.47 Å². The van der Waals surface area contributed by atoms with Gasteiger partial charge in [-0.2, -0.15) is 0 Å². The average molecular weight is 513 g/mol. The number of methoxy groups -OCH3 is 1. The second-order valence-corrected chi connectivity index (χ2v) is 11.7. The van der Waals surface area contributed by atoms with E-state index in [1.807, 2.05) is 26.8 Å². The number of anilines is 1. The molecule has 3 rings (SSSR count). The number of nitrogens with one attached hydrogen (secondary N) is 1. The first-order valence-corrected chi connectivity index (χ1v) is 11.3. The maximum atomic E-state index is 12.8. The third-order valence-electron chi connectivity index (χ3n) is 6.83. The molecule has 1 aromatic carbocycles. The second kappa shape index (κ2) is 7.43. The SMILES string of the molecule is COC(=O)[C@@]1(C)CCC[C@]2(C)c3cc(NC(=O)OC(C)(C)C)ccc3CC[C@@]12I. The van der Waals surface area contributed by atoms with Gasteiger partial charge in [-0.25, -0.2) is 4.79 Å². The molecule has 1 aromatic rings. The smallest absolute Gasteiger partial charge is 0.412 e. The number of ether oxygens (including phenoxy) is 2. The van der Waals surface area contributed by atoms with Gasteiger partial charge in [0.15, 0.2) is 0 Å². The van der Waals surface area contributed by atoms with Gasteiger partial charge in [-0.3, -0.25) is 10.1 Å². The standard InChI is InChI=1S/C23H32INO4/c1-20(2,3)29-19(27)25-16-9-8-15-10-13-23(24)21(4,17(15)14-16)11-7-12-22(23,5)18(26)28-6/h8-9,14H,7,10-13H2,1-6H3,(H,25,27)/t21-,22-,23+/m1/s1. The summed E-state index contributed by atoms with van der Waals surface area (Å²) in [4.78, 5) is 25.1. The minimum atomic E-state index is -0.548. The molecule has 2 aliphatic rings. The first-order chi connectivity index (χ1) is 13.4. The number of amides is 1. The Hall–Kier alpha value is -1.31. The summed E-state index contributed by atoms with van der Waals surface area (Å²) in [6.07, 6.45) is 4.20. The number of carbonyl (C=O) groups excluding carboxylic acids is 2. The molecular formula is C23H32INO4. The largest absolute Gasteiger partial charge is 0.469 e. The summed E-state index contributed by atoms with van der Waals surface area (Å²) in [5.74, 6) is -0.121. The van der Waals surface area contributed by atoms with Crippen LogP contribution in [0.15, 0.2) is 18.2 Å². The van der Waals surface area contributed by atoms with Crippen LogP contribution in [0.25, 0.3) is 0 Å². The van der Waals surface area contributed by atoms with E-state index in [2.05, 4.69) is 53.9 Å². The normalized spacial score (nSPS) is 31.3. The van der Waals surface area contributed by atoms with E-state index in [4.69, 9.17) is 9.47 Å². The summed E-state index contributed by atoms with van der Waals surface area (Å²) in [6.45, 7) is 9.88. The quantitative estimate of drug-likeness (QED) is 0.310. The molecule has 0 radical (unpaired) electrons. The van der Waals surface area contributed by atoms with Crippen LogP contribution in [0.2, 0.25) is 0 Å². The fraction of sp³-hybridized carbons (Fsp3) is 0.652. The molecule has 29 heavy (non-hydrogen) atoms. The molecule has 1 fully saturated rings.